The van der Waals surface area contributed by atoms with E-state index >= 15 is 0 Å². The Morgan fingerprint density at radius 3 is 2.05 bits per heavy atom. The van der Waals surface area contributed by atoms with Gasteiger partial charge in [-0.15, -0.1) is 19.7 Å². The molecular formula is C15H23N3O4. The second kappa shape index (κ2) is 9.51. The standard InChI is InChI=1S/C15H23N3O4/c1-4-7-17-12(19)10-15(22,14(16)21)11-13(20)18(8-5-2)9-6-3/h4-6,22H,1-3,7-11H2,(H2,16,21)(H,17,19). The largest absolute Gasteiger partial charge is 0.379 e. The number of carbonyl (C=O) groups excluding carboxylic acids is 3. The smallest absolute Gasteiger partial charge is 0.250 e. The fourth-order valence-corrected chi connectivity index (χ4v) is 1.70. The van der Waals surface area contributed by atoms with Gasteiger partial charge in [0.1, 0.15) is 0 Å². The summed E-state index contributed by atoms with van der Waals surface area (Å²) in [5, 5.41) is 12.7. The fourth-order valence-electron chi connectivity index (χ4n) is 1.70. The molecule has 0 aromatic heterocycles. The van der Waals surface area contributed by atoms with Crippen LogP contribution in [0.3, 0.4) is 0 Å². The number of hydrogen-bond acceptors (Lipinski definition) is 4. The molecule has 0 saturated heterocycles. The molecule has 0 aliphatic heterocycles. The van der Waals surface area contributed by atoms with Gasteiger partial charge in [-0.05, 0) is 0 Å². The molecule has 0 heterocycles. The Morgan fingerprint density at radius 1 is 1.09 bits per heavy atom. The van der Waals surface area contributed by atoms with Crippen molar-refractivity contribution in [3.8, 4) is 0 Å². The summed E-state index contributed by atoms with van der Waals surface area (Å²) in [6, 6.07) is 0. The summed E-state index contributed by atoms with van der Waals surface area (Å²) in [5.74, 6) is -2.27. The second-order valence-corrected chi connectivity index (χ2v) is 4.72. The summed E-state index contributed by atoms with van der Waals surface area (Å²) < 4.78 is 0. The maximum Gasteiger partial charge on any atom is 0.250 e. The minimum absolute atomic E-state index is 0.181. The number of rotatable bonds is 11. The Balaban J connectivity index is 4.99. The lowest BCUT2D eigenvalue weighted by Gasteiger charge is -2.27. The second-order valence-electron chi connectivity index (χ2n) is 4.72. The van der Waals surface area contributed by atoms with Crippen molar-refractivity contribution in [2.75, 3.05) is 19.6 Å². The molecule has 0 bridgehead atoms. The van der Waals surface area contributed by atoms with Crippen LogP contribution in [0.2, 0.25) is 0 Å². The van der Waals surface area contributed by atoms with E-state index in [2.05, 4.69) is 25.1 Å². The minimum Gasteiger partial charge on any atom is -0.379 e. The predicted molar refractivity (Wildman–Crippen MR) is 83.6 cm³/mol. The van der Waals surface area contributed by atoms with Gasteiger partial charge in [0.15, 0.2) is 5.60 Å². The summed E-state index contributed by atoms with van der Waals surface area (Å²) >= 11 is 0. The molecule has 1 atom stereocenters. The van der Waals surface area contributed by atoms with Gasteiger partial charge in [0.2, 0.25) is 17.7 Å². The van der Waals surface area contributed by atoms with Crippen LogP contribution in [0.1, 0.15) is 12.8 Å². The van der Waals surface area contributed by atoms with E-state index in [9.17, 15) is 19.5 Å². The van der Waals surface area contributed by atoms with Crippen LogP contribution in [0.25, 0.3) is 0 Å². The van der Waals surface area contributed by atoms with E-state index in [1.54, 1.807) is 0 Å². The molecule has 0 spiro atoms. The van der Waals surface area contributed by atoms with Gasteiger partial charge >= 0.3 is 0 Å². The zero-order chi connectivity index (χ0) is 17.2. The summed E-state index contributed by atoms with van der Waals surface area (Å²) in [6.07, 6.45) is 3.26. The molecule has 0 aliphatic carbocycles. The summed E-state index contributed by atoms with van der Waals surface area (Å²) in [4.78, 5) is 36.6. The van der Waals surface area contributed by atoms with Crippen molar-refractivity contribution in [1.82, 2.24) is 10.2 Å². The monoisotopic (exact) mass is 309 g/mol. The van der Waals surface area contributed by atoms with Gasteiger partial charge in [-0.2, -0.15) is 0 Å². The van der Waals surface area contributed by atoms with Crippen LogP contribution in [0.4, 0.5) is 0 Å². The molecule has 7 heteroatoms. The number of primary amides is 1. The Morgan fingerprint density at radius 2 is 1.64 bits per heavy atom. The summed E-state index contributed by atoms with van der Waals surface area (Å²) in [6.45, 7) is 11.1. The highest BCUT2D eigenvalue weighted by molar-refractivity contribution is 5.94. The molecule has 0 fully saturated rings. The van der Waals surface area contributed by atoms with E-state index in [1.165, 1.54) is 23.1 Å². The van der Waals surface area contributed by atoms with Gasteiger partial charge in [-0.1, -0.05) is 18.2 Å². The molecule has 7 nitrogen and oxygen atoms in total. The molecule has 0 saturated carbocycles. The first-order valence-electron chi connectivity index (χ1n) is 6.70. The number of carbonyl (C=O) groups is 3. The molecule has 4 N–H and O–H groups in total. The van der Waals surface area contributed by atoms with Gasteiger partial charge in [-0.25, -0.2) is 0 Å². The van der Waals surface area contributed by atoms with Crippen LogP contribution in [0.5, 0.6) is 0 Å². The number of nitrogens with two attached hydrogens (primary N) is 1. The molecule has 0 rings (SSSR count). The van der Waals surface area contributed by atoms with Crippen LogP contribution >= 0.6 is 0 Å². The van der Waals surface area contributed by atoms with Crippen LogP contribution in [-0.4, -0.2) is 53.0 Å². The number of aliphatic hydroxyl groups is 1. The average molecular weight is 309 g/mol. The van der Waals surface area contributed by atoms with Crippen molar-refractivity contribution in [3.05, 3.63) is 38.0 Å². The zero-order valence-electron chi connectivity index (χ0n) is 12.6. The SMILES string of the molecule is C=CCNC(=O)CC(O)(CC(=O)N(CC=C)CC=C)C(N)=O. The lowest BCUT2D eigenvalue weighted by atomic mass is 9.93. The van der Waals surface area contributed by atoms with Crippen LogP contribution in [0.15, 0.2) is 38.0 Å². The minimum atomic E-state index is -2.25. The van der Waals surface area contributed by atoms with E-state index in [0.717, 1.165) is 0 Å². The molecule has 22 heavy (non-hydrogen) atoms. The quantitative estimate of drug-likeness (QED) is 0.446. The molecule has 122 valence electrons. The van der Waals surface area contributed by atoms with E-state index in [0.29, 0.717) is 0 Å². The van der Waals surface area contributed by atoms with E-state index in [1.807, 2.05) is 0 Å². The summed E-state index contributed by atoms with van der Waals surface area (Å²) in [5.41, 5.74) is 2.90. The number of nitrogens with zero attached hydrogens (tertiary/aromatic N) is 1. The van der Waals surface area contributed by atoms with Gasteiger partial charge in [0.05, 0.1) is 12.8 Å². The van der Waals surface area contributed by atoms with Crippen LogP contribution in [-0.2, 0) is 14.4 Å². The van der Waals surface area contributed by atoms with Crippen LogP contribution < -0.4 is 11.1 Å². The summed E-state index contributed by atoms with van der Waals surface area (Å²) in [7, 11) is 0. The third kappa shape index (κ3) is 6.36. The number of hydrogen-bond donors (Lipinski definition) is 3. The topological polar surface area (TPSA) is 113 Å². The fraction of sp³-hybridized carbons (Fsp3) is 0.400. The highest BCUT2D eigenvalue weighted by Gasteiger charge is 2.39. The lowest BCUT2D eigenvalue weighted by Crippen LogP contribution is -2.51. The highest BCUT2D eigenvalue weighted by atomic mass is 16.3. The van der Waals surface area contributed by atoms with Crippen molar-refractivity contribution in [3.63, 3.8) is 0 Å². The third-order valence-corrected chi connectivity index (χ3v) is 2.85. The predicted octanol–water partition coefficient (Wildman–Crippen LogP) is -0.514. The van der Waals surface area contributed by atoms with Crippen molar-refractivity contribution in [1.29, 1.82) is 0 Å². The Labute approximate surface area is 130 Å². The van der Waals surface area contributed by atoms with E-state index < -0.39 is 36.2 Å². The highest BCUT2D eigenvalue weighted by Crippen LogP contribution is 2.17. The maximum atomic E-state index is 12.2. The van der Waals surface area contributed by atoms with Crippen molar-refractivity contribution in [2.24, 2.45) is 5.73 Å². The first kappa shape index (κ1) is 19.6. The normalized spacial score (nSPS) is 12.6. The molecule has 0 aromatic rings. The average Bonchev–Trinajstić information content (AvgIpc) is 2.44. The molecule has 3 amide bonds. The number of amides is 3. The van der Waals surface area contributed by atoms with Crippen molar-refractivity contribution >= 4 is 17.7 Å². The molecule has 0 aromatic carbocycles. The Hall–Kier alpha value is -2.41. The third-order valence-electron chi connectivity index (χ3n) is 2.85. The van der Waals surface area contributed by atoms with Gasteiger partial charge in [-0.3, -0.25) is 14.4 Å². The molecule has 1 unspecified atom stereocenters. The van der Waals surface area contributed by atoms with E-state index in [4.69, 9.17) is 5.73 Å². The van der Waals surface area contributed by atoms with Crippen molar-refractivity contribution < 1.29 is 19.5 Å². The van der Waals surface area contributed by atoms with Gasteiger partial charge < -0.3 is 21.1 Å². The van der Waals surface area contributed by atoms with E-state index in [-0.39, 0.29) is 19.6 Å². The first-order valence-corrected chi connectivity index (χ1v) is 6.70. The number of nitrogens with one attached hydrogen (secondary N) is 1. The zero-order valence-corrected chi connectivity index (χ0v) is 12.6. The molecular weight excluding hydrogens is 286 g/mol. The first-order chi connectivity index (χ1) is 10.3. The molecule has 0 radical (unpaired) electrons. The Bertz CT molecular complexity index is 452. The lowest BCUT2D eigenvalue weighted by molar-refractivity contribution is -0.150. The maximum absolute atomic E-state index is 12.2. The Kier molecular flexibility index (Phi) is 8.47. The van der Waals surface area contributed by atoms with Gasteiger partial charge in [0, 0.05) is 19.6 Å². The molecule has 0 aliphatic rings. The van der Waals surface area contributed by atoms with Crippen molar-refractivity contribution in [2.45, 2.75) is 18.4 Å². The van der Waals surface area contributed by atoms with Crippen LogP contribution in [0, 0.1) is 0 Å². The van der Waals surface area contributed by atoms with Gasteiger partial charge in [0.25, 0.3) is 0 Å².